The number of halogens is 1. The topological polar surface area (TPSA) is 63.4 Å². The van der Waals surface area contributed by atoms with Crippen LogP contribution in [-0.2, 0) is 0 Å². The largest absolute Gasteiger partial charge is 0.493 e. The third kappa shape index (κ3) is 3.11. The maximum Gasteiger partial charge on any atom is 0.266 e. The van der Waals surface area contributed by atoms with Crippen molar-refractivity contribution in [3.63, 3.8) is 0 Å². The molecule has 1 aromatic carbocycles. The van der Waals surface area contributed by atoms with E-state index < -0.39 is 0 Å². The smallest absolute Gasteiger partial charge is 0.266 e. The molecule has 0 unspecified atom stereocenters. The molecule has 3 rings (SSSR count). The Kier molecular flexibility index (Phi) is 4.26. The first-order valence-corrected chi connectivity index (χ1v) is 7.38. The van der Waals surface area contributed by atoms with Gasteiger partial charge in [0.1, 0.15) is 5.75 Å². The van der Waals surface area contributed by atoms with E-state index in [1.54, 1.807) is 12.1 Å². The molecule has 1 saturated heterocycles. The van der Waals surface area contributed by atoms with E-state index in [0.29, 0.717) is 29.2 Å². The van der Waals surface area contributed by atoms with Gasteiger partial charge in [-0.3, -0.25) is 0 Å². The highest BCUT2D eigenvalue weighted by Crippen LogP contribution is 2.32. The molecule has 21 heavy (non-hydrogen) atoms. The fourth-order valence-electron chi connectivity index (χ4n) is 2.27. The summed E-state index contributed by atoms with van der Waals surface area (Å²) in [5, 5.41) is 7.97. The van der Waals surface area contributed by atoms with Gasteiger partial charge in [0.05, 0.1) is 12.2 Å². The van der Waals surface area contributed by atoms with Crippen LogP contribution in [0.3, 0.4) is 0 Å². The quantitative estimate of drug-likeness (QED) is 0.934. The van der Waals surface area contributed by atoms with Crippen molar-refractivity contribution in [3.8, 4) is 17.2 Å². The predicted molar refractivity (Wildman–Crippen MR) is 81.0 cm³/mol. The molecule has 0 aliphatic carbocycles. The van der Waals surface area contributed by atoms with Gasteiger partial charge in [0.2, 0.25) is 0 Å². The Balaban J connectivity index is 1.88. The Hall–Kier alpha value is -1.79. The highest BCUT2D eigenvalue weighted by Gasteiger charge is 2.19. The van der Waals surface area contributed by atoms with Crippen LogP contribution in [0.2, 0.25) is 5.02 Å². The molecular formula is C14H17ClN4O2. The van der Waals surface area contributed by atoms with Crippen molar-refractivity contribution in [2.75, 3.05) is 37.7 Å². The Morgan fingerprint density at radius 1 is 1.38 bits per heavy atom. The number of aromatic nitrogens is 2. The number of nitrogens with one attached hydrogen (secondary N) is 1. The van der Waals surface area contributed by atoms with Gasteiger partial charge in [-0.25, -0.2) is 0 Å². The Labute approximate surface area is 128 Å². The molecule has 6 nitrogen and oxygen atoms in total. The lowest BCUT2D eigenvalue weighted by Gasteiger charge is -2.25. The van der Waals surface area contributed by atoms with Crippen LogP contribution in [0.1, 0.15) is 6.92 Å². The van der Waals surface area contributed by atoms with Gasteiger partial charge in [0.15, 0.2) is 0 Å². The van der Waals surface area contributed by atoms with E-state index in [1.165, 1.54) is 0 Å². The van der Waals surface area contributed by atoms with Crippen LogP contribution in [-0.4, -0.2) is 42.9 Å². The van der Waals surface area contributed by atoms with Crippen molar-refractivity contribution in [1.82, 2.24) is 15.5 Å². The average molecular weight is 309 g/mol. The lowest BCUT2D eigenvalue weighted by molar-refractivity contribution is 0.339. The van der Waals surface area contributed by atoms with Gasteiger partial charge in [0.25, 0.3) is 11.8 Å². The maximum absolute atomic E-state index is 6.01. The minimum absolute atomic E-state index is 0.448. The Morgan fingerprint density at radius 2 is 2.19 bits per heavy atom. The Bertz CT molecular complexity index is 611. The minimum atomic E-state index is 0.448. The number of anilines is 1. The van der Waals surface area contributed by atoms with Crippen LogP contribution in [0.15, 0.2) is 22.7 Å². The van der Waals surface area contributed by atoms with E-state index in [4.69, 9.17) is 20.9 Å². The zero-order chi connectivity index (χ0) is 14.7. The molecule has 1 aliphatic heterocycles. The van der Waals surface area contributed by atoms with Gasteiger partial charge in [0, 0.05) is 31.2 Å². The zero-order valence-corrected chi connectivity index (χ0v) is 12.6. The Morgan fingerprint density at radius 3 is 2.95 bits per heavy atom. The summed E-state index contributed by atoms with van der Waals surface area (Å²) in [6.45, 7) is 6.07. The summed E-state index contributed by atoms with van der Waals surface area (Å²) in [7, 11) is 0. The lowest BCUT2D eigenvalue weighted by Crippen LogP contribution is -2.44. The van der Waals surface area contributed by atoms with E-state index in [1.807, 2.05) is 13.0 Å². The number of hydrogen-bond donors (Lipinski definition) is 1. The summed E-state index contributed by atoms with van der Waals surface area (Å²) < 4.78 is 11.0. The monoisotopic (exact) mass is 308 g/mol. The molecule has 1 aliphatic rings. The number of piperazine rings is 1. The van der Waals surface area contributed by atoms with Crippen molar-refractivity contribution in [2.45, 2.75) is 6.92 Å². The number of hydrogen-bond acceptors (Lipinski definition) is 6. The van der Waals surface area contributed by atoms with Gasteiger partial charge in [-0.2, -0.15) is 4.98 Å². The standard InChI is InChI=1S/C14H17ClN4O2/c1-2-20-12-9-10(15)3-4-11(12)13-17-14(18-21-13)19-7-5-16-6-8-19/h3-4,9,16H,2,5-8H2,1H3. The summed E-state index contributed by atoms with van der Waals surface area (Å²) in [4.78, 5) is 6.57. The molecule has 0 spiro atoms. The summed E-state index contributed by atoms with van der Waals surface area (Å²) in [5.74, 6) is 1.72. The molecular weight excluding hydrogens is 292 g/mol. The fourth-order valence-corrected chi connectivity index (χ4v) is 2.43. The van der Waals surface area contributed by atoms with Crippen LogP contribution >= 0.6 is 11.6 Å². The van der Waals surface area contributed by atoms with Crippen molar-refractivity contribution in [3.05, 3.63) is 23.2 Å². The molecule has 0 saturated carbocycles. The van der Waals surface area contributed by atoms with Crippen LogP contribution in [0.5, 0.6) is 5.75 Å². The first kappa shape index (κ1) is 14.2. The SMILES string of the molecule is CCOc1cc(Cl)ccc1-c1nc(N2CCNCC2)no1. The van der Waals surface area contributed by atoms with Gasteiger partial charge in [-0.05, 0) is 30.3 Å². The maximum atomic E-state index is 6.01. The lowest BCUT2D eigenvalue weighted by atomic mass is 10.2. The van der Waals surface area contributed by atoms with Crippen LogP contribution in [0.25, 0.3) is 11.5 Å². The van der Waals surface area contributed by atoms with E-state index in [2.05, 4.69) is 20.4 Å². The van der Waals surface area contributed by atoms with Crippen LogP contribution in [0.4, 0.5) is 5.95 Å². The molecule has 1 aromatic heterocycles. The minimum Gasteiger partial charge on any atom is -0.493 e. The summed E-state index contributed by atoms with van der Waals surface area (Å²) in [6, 6.07) is 5.38. The second-order valence-corrected chi connectivity index (χ2v) is 5.15. The molecule has 1 fully saturated rings. The van der Waals surface area contributed by atoms with Crippen molar-refractivity contribution in [2.24, 2.45) is 0 Å². The number of rotatable bonds is 4. The fraction of sp³-hybridized carbons (Fsp3) is 0.429. The molecule has 7 heteroatoms. The first-order chi connectivity index (χ1) is 10.3. The zero-order valence-electron chi connectivity index (χ0n) is 11.8. The molecule has 2 aromatic rings. The summed E-state index contributed by atoms with van der Waals surface area (Å²) in [5.41, 5.74) is 0.759. The summed E-state index contributed by atoms with van der Waals surface area (Å²) in [6.07, 6.45) is 0. The molecule has 0 radical (unpaired) electrons. The molecule has 0 amide bonds. The second-order valence-electron chi connectivity index (χ2n) is 4.71. The second kappa shape index (κ2) is 6.32. The average Bonchev–Trinajstić information content (AvgIpc) is 2.98. The van der Waals surface area contributed by atoms with Crippen LogP contribution in [0, 0.1) is 0 Å². The van der Waals surface area contributed by atoms with E-state index >= 15 is 0 Å². The van der Waals surface area contributed by atoms with E-state index in [0.717, 1.165) is 31.7 Å². The van der Waals surface area contributed by atoms with Crippen LogP contribution < -0.4 is 15.0 Å². The third-order valence-electron chi connectivity index (χ3n) is 3.29. The number of ether oxygens (including phenoxy) is 1. The van der Waals surface area contributed by atoms with Crippen molar-refractivity contribution in [1.29, 1.82) is 0 Å². The molecule has 1 N–H and O–H groups in total. The third-order valence-corrected chi connectivity index (χ3v) is 3.52. The highest BCUT2D eigenvalue weighted by atomic mass is 35.5. The normalized spacial score (nSPS) is 15.2. The highest BCUT2D eigenvalue weighted by molar-refractivity contribution is 6.30. The van der Waals surface area contributed by atoms with E-state index in [-0.39, 0.29) is 0 Å². The van der Waals surface area contributed by atoms with Gasteiger partial charge >= 0.3 is 0 Å². The number of benzene rings is 1. The molecule has 112 valence electrons. The van der Waals surface area contributed by atoms with Gasteiger partial charge < -0.3 is 19.5 Å². The van der Waals surface area contributed by atoms with Gasteiger partial charge in [-0.15, -0.1) is 0 Å². The molecule has 0 bridgehead atoms. The summed E-state index contributed by atoms with van der Waals surface area (Å²) >= 11 is 6.01. The number of nitrogens with zero attached hydrogens (tertiary/aromatic N) is 3. The first-order valence-electron chi connectivity index (χ1n) is 7.00. The molecule has 2 heterocycles. The van der Waals surface area contributed by atoms with Gasteiger partial charge in [-0.1, -0.05) is 11.6 Å². The predicted octanol–water partition coefficient (Wildman–Crippen LogP) is 2.20. The molecule has 0 atom stereocenters. The van der Waals surface area contributed by atoms with E-state index in [9.17, 15) is 0 Å². The van der Waals surface area contributed by atoms with Crippen molar-refractivity contribution >= 4 is 17.5 Å². The van der Waals surface area contributed by atoms with Crippen molar-refractivity contribution < 1.29 is 9.26 Å².